The quantitative estimate of drug-likeness (QED) is 0.810. The Hall–Kier alpha value is -0.940. The second kappa shape index (κ2) is 5.41. The Labute approximate surface area is 96.2 Å². The molecule has 5 nitrogen and oxygen atoms in total. The molecular weight excluding hydrogens is 204 g/mol. The Bertz CT molecular complexity index is 318. The molecule has 0 aliphatic carbocycles. The molecule has 0 bridgehead atoms. The normalized spacial score (nSPS) is 20.8. The van der Waals surface area contributed by atoms with Crippen molar-refractivity contribution in [2.75, 3.05) is 19.8 Å². The van der Waals surface area contributed by atoms with Crippen molar-refractivity contribution in [3.05, 3.63) is 12.2 Å². The van der Waals surface area contributed by atoms with E-state index < -0.39 is 0 Å². The highest BCUT2D eigenvalue weighted by atomic mass is 16.5. The standard InChI is InChI=1S/C11H20N4O/c1-9(2)15-11(13-8-14-15)6-12-5-10-3-4-16-7-10/h8-10,12H,3-7H2,1-2H3. The second-order valence-electron chi connectivity index (χ2n) is 4.58. The first kappa shape index (κ1) is 11.5. The molecule has 0 aromatic carbocycles. The number of aromatic nitrogens is 3. The third kappa shape index (κ3) is 2.80. The lowest BCUT2D eigenvalue weighted by atomic mass is 10.1. The molecule has 1 aromatic heterocycles. The fourth-order valence-electron chi connectivity index (χ4n) is 1.96. The van der Waals surface area contributed by atoms with Gasteiger partial charge in [0.15, 0.2) is 0 Å². The highest BCUT2D eigenvalue weighted by Gasteiger charge is 2.15. The number of nitrogens with zero attached hydrogens (tertiary/aromatic N) is 3. The van der Waals surface area contributed by atoms with E-state index in [1.54, 1.807) is 6.33 Å². The van der Waals surface area contributed by atoms with Crippen molar-refractivity contribution in [1.29, 1.82) is 0 Å². The zero-order valence-electron chi connectivity index (χ0n) is 10.0. The minimum atomic E-state index is 0.370. The Kier molecular flexibility index (Phi) is 3.90. The average molecular weight is 224 g/mol. The fraction of sp³-hybridized carbons (Fsp3) is 0.818. The summed E-state index contributed by atoms with van der Waals surface area (Å²) < 4.78 is 7.29. The molecule has 1 N–H and O–H groups in total. The largest absolute Gasteiger partial charge is 0.381 e. The molecule has 0 amide bonds. The molecule has 2 heterocycles. The molecule has 0 spiro atoms. The van der Waals surface area contributed by atoms with Crippen LogP contribution in [0.2, 0.25) is 0 Å². The summed E-state index contributed by atoms with van der Waals surface area (Å²) in [5, 5.41) is 7.63. The van der Waals surface area contributed by atoms with Crippen LogP contribution in [0, 0.1) is 5.92 Å². The second-order valence-corrected chi connectivity index (χ2v) is 4.58. The summed E-state index contributed by atoms with van der Waals surface area (Å²) in [6, 6.07) is 0.370. The van der Waals surface area contributed by atoms with Gasteiger partial charge in [-0.25, -0.2) is 9.67 Å². The fourth-order valence-corrected chi connectivity index (χ4v) is 1.96. The first-order valence-electron chi connectivity index (χ1n) is 5.94. The van der Waals surface area contributed by atoms with Crippen LogP contribution in [0.1, 0.15) is 32.1 Å². The average Bonchev–Trinajstić information content (AvgIpc) is 2.87. The van der Waals surface area contributed by atoms with E-state index in [4.69, 9.17) is 4.74 Å². The third-order valence-corrected chi connectivity index (χ3v) is 2.88. The summed E-state index contributed by atoms with van der Waals surface area (Å²) in [5.74, 6) is 1.67. The van der Waals surface area contributed by atoms with Gasteiger partial charge in [0, 0.05) is 19.2 Å². The van der Waals surface area contributed by atoms with Gasteiger partial charge in [-0.2, -0.15) is 5.10 Å². The van der Waals surface area contributed by atoms with E-state index in [0.717, 1.165) is 32.1 Å². The Morgan fingerprint density at radius 2 is 2.50 bits per heavy atom. The Morgan fingerprint density at radius 3 is 3.19 bits per heavy atom. The van der Waals surface area contributed by atoms with E-state index in [1.165, 1.54) is 6.42 Å². The lowest BCUT2D eigenvalue weighted by molar-refractivity contribution is 0.185. The van der Waals surface area contributed by atoms with Crippen LogP contribution in [0.4, 0.5) is 0 Å². The molecular formula is C11H20N4O. The van der Waals surface area contributed by atoms with Gasteiger partial charge in [0.2, 0.25) is 0 Å². The van der Waals surface area contributed by atoms with E-state index in [2.05, 4.69) is 29.2 Å². The SMILES string of the molecule is CC(C)n1ncnc1CNCC1CCOC1. The summed E-state index contributed by atoms with van der Waals surface area (Å²) in [4.78, 5) is 4.26. The summed E-state index contributed by atoms with van der Waals surface area (Å²) in [6.07, 6.45) is 2.79. The van der Waals surface area contributed by atoms with Gasteiger partial charge in [-0.3, -0.25) is 0 Å². The minimum Gasteiger partial charge on any atom is -0.381 e. The van der Waals surface area contributed by atoms with Crippen molar-refractivity contribution < 1.29 is 4.74 Å². The predicted octanol–water partition coefficient (Wildman–Crippen LogP) is 0.985. The minimum absolute atomic E-state index is 0.370. The summed E-state index contributed by atoms with van der Waals surface area (Å²) in [7, 11) is 0. The summed E-state index contributed by atoms with van der Waals surface area (Å²) in [6.45, 7) is 7.82. The smallest absolute Gasteiger partial charge is 0.141 e. The Balaban J connectivity index is 1.78. The number of nitrogens with one attached hydrogen (secondary N) is 1. The van der Waals surface area contributed by atoms with E-state index in [0.29, 0.717) is 12.0 Å². The zero-order chi connectivity index (χ0) is 11.4. The molecule has 0 saturated carbocycles. The van der Waals surface area contributed by atoms with Crippen LogP contribution in [-0.2, 0) is 11.3 Å². The van der Waals surface area contributed by atoms with Gasteiger partial charge >= 0.3 is 0 Å². The van der Waals surface area contributed by atoms with Crippen LogP contribution in [0.3, 0.4) is 0 Å². The first-order chi connectivity index (χ1) is 7.77. The lowest BCUT2D eigenvalue weighted by Gasteiger charge is -2.11. The molecule has 16 heavy (non-hydrogen) atoms. The molecule has 0 radical (unpaired) electrons. The number of hydrogen-bond acceptors (Lipinski definition) is 4. The van der Waals surface area contributed by atoms with Crippen molar-refractivity contribution >= 4 is 0 Å². The summed E-state index contributed by atoms with van der Waals surface area (Å²) >= 11 is 0. The van der Waals surface area contributed by atoms with Gasteiger partial charge in [0.1, 0.15) is 12.2 Å². The van der Waals surface area contributed by atoms with Gasteiger partial charge in [-0.05, 0) is 26.2 Å². The van der Waals surface area contributed by atoms with Crippen molar-refractivity contribution in [2.24, 2.45) is 5.92 Å². The van der Waals surface area contributed by atoms with E-state index in [-0.39, 0.29) is 0 Å². The van der Waals surface area contributed by atoms with Gasteiger partial charge in [-0.15, -0.1) is 0 Å². The van der Waals surface area contributed by atoms with Crippen molar-refractivity contribution in [3.8, 4) is 0 Å². The van der Waals surface area contributed by atoms with E-state index >= 15 is 0 Å². The van der Waals surface area contributed by atoms with Crippen molar-refractivity contribution in [3.63, 3.8) is 0 Å². The summed E-state index contributed by atoms with van der Waals surface area (Å²) in [5.41, 5.74) is 0. The molecule has 1 fully saturated rings. The van der Waals surface area contributed by atoms with Crippen LogP contribution in [-0.4, -0.2) is 34.5 Å². The highest BCUT2D eigenvalue weighted by Crippen LogP contribution is 2.11. The van der Waals surface area contributed by atoms with Crippen molar-refractivity contribution in [2.45, 2.75) is 32.9 Å². The lowest BCUT2D eigenvalue weighted by Crippen LogP contribution is -2.24. The topological polar surface area (TPSA) is 52.0 Å². The predicted molar refractivity (Wildman–Crippen MR) is 61.0 cm³/mol. The van der Waals surface area contributed by atoms with Crippen molar-refractivity contribution in [1.82, 2.24) is 20.1 Å². The molecule has 1 unspecified atom stereocenters. The van der Waals surface area contributed by atoms with Crippen LogP contribution in [0.5, 0.6) is 0 Å². The number of rotatable bonds is 5. The Morgan fingerprint density at radius 1 is 1.62 bits per heavy atom. The van der Waals surface area contributed by atoms with Gasteiger partial charge in [0.05, 0.1) is 13.2 Å². The van der Waals surface area contributed by atoms with Gasteiger partial charge in [-0.1, -0.05) is 0 Å². The van der Waals surface area contributed by atoms with Crippen LogP contribution >= 0.6 is 0 Å². The molecule has 1 aromatic rings. The van der Waals surface area contributed by atoms with Crippen LogP contribution in [0.25, 0.3) is 0 Å². The van der Waals surface area contributed by atoms with E-state index in [9.17, 15) is 0 Å². The highest BCUT2D eigenvalue weighted by molar-refractivity contribution is 4.86. The first-order valence-corrected chi connectivity index (χ1v) is 5.94. The molecule has 2 rings (SSSR count). The number of hydrogen-bond donors (Lipinski definition) is 1. The maximum Gasteiger partial charge on any atom is 0.141 e. The third-order valence-electron chi connectivity index (χ3n) is 2.88. The molecule has 1 saturated heterocycles. The molecule has 1 aliphatic heterocycles. The zero-order valence-corrected chi connectivity index (χ0v) is 10.0. The molecule has 5 heteroatoms. The van der Waals surface area contributed by atoms with Crippen LogP contribution < -0.4 is 5.32 Å². The molecule has 90 valence electrons. The molecule has 1 aliphatic rings. The monoisotopic (exact) mass is 224 g/mol. The van der Waals surface area contributed by atoms with E-state index in [1.807, 2.05) is 4.68 Å². The molecule has 1 atom stereocenters. The van der Waals surface area contributed by atoms with Gasteiger partial charge in [0.25, 0.3) is 0 Å². The van der Waals surface area contributed by atoms with Gasteiger partial charge < -0.3 is 10.1 Å². The maximum atomic E-state index is 5.33. The maximum absolute atomic E-state index is 5.33. The van der Waals surface area contributed by atoms with Crippen LogP contribution in [0.15, 0.2) is 6.33 Å². The number of ether oxygens (including phenoxy) is 1.